The van der Waals surface area contributed by atoms with Gasteiger partial charge in [0.05, 0.1) is 13.2 Å². The zero-order valence-electron chi connectivity index (χ0n) is 10.9. The predicted octanol–water partition coefficient (Wildman–Crippen LogP) is 2.01. The summed E-state index contributed by atoms with van der Waals surface area (Å²) in [6.45, 7) is 1.22. The van der Waals surface area contributed by atoms with Crippen molar-refractivity contribution in [2.45, 2.75) is 25.0 Å². The normalized spacial score (nSPS) is 21.9. The Morgan fingerprint density at radius 1 is 1.53 bits per heavy atom. The molecule has 2 unspecified atom stereocenters. The molecule has 0 saturated carbocycles. The Balaban J connectivity index is 2.31. The zero-order valence-corrected chi connectivity index (χ0v) is 11.6. The summed E-state index contributed by atoms with van der Waals surface area (Å²) in [6.07, 6.45) is 1.23. The lowest BCUT2D eigenvalue weighted by Gasteiger charge is -2.35. The first-order chi connectivity index (χ1) is 9.13. The zero-order chi connectivity index (χ0) is 13.8. The van der Waals surface area contributed by atoms with Gasteiger partial charge in [0.25, 0.3) is 0 Å². The number of aliphatic hydroxyl groups is 1. The van der Waals surface area contributed by atoms with E-state index in [9.17, 15) is 9.90 Å². The molecule has 1 heterocycles. The van der Waals surface area contributed by atoms with Crippen LogP contribution in [0.1, 0.15) is 24.4 Å². The summed E-state index contributed by atoms with van der Waals surface area (Å²) < 4.78 is 4.89. The number of ether oxygens (including phenoxy) is 1. The van der Waals surface area contributed by atoms with Crippen molar-refractivity contribution in [2.75, 3.05) is 20.2 Å². The Labute approximate surface area is 117 Å². The van der Waals surface area contributed by atoms with Crippen LogP contribution in [-0.4, -0.2) is 42.3 Å². The summed E-state index contributed by atoms with van der Waals surface area (Å²) in [5.41, 5.74) is 0.727. The monoisotopic (exact) mass is 283 g/mol. The van der Waals surface area contributed by atoms with Gasteiger partial charge >= 0.3 is 5.97 Å². The van der Waals surface area contributed by atoms with E-state index < -0.39 is 12.1 Å². The van der Waals surface area contributed by atoms with Gasteiger partial charge in [-0.05, 0) is 31.0 Å². The molecule has 2 rings (SSSR count). The van der Waals surface area contributed by atoms with Gasteiger partial charge in [-0.3, -0.25) is 4.90 Å². The molecule has 1 fully saturated rings. The van der Waals surface area contributed by atoms with Crippen molar-refractivity contribution < 1.29 is 14.6 Å². The highest BCUT2D eigenvalue weighted by Gasteiger charge is 2.33. The summed E-state index contributed by atoms with van der Waals surface area (Å²) >= 11 is 6.18. The van der Waals surface area contributed by atoms with E-state index in [1.165, 1.54) is 7.11 Å². The fourth-order valence-corrected chi connectivity index (χ4v) is 2.74. The maximum atomic E-state index is 12.1. The minimum Gasteiger partial charge on any atom is -0.468 e. The number of piperidine rings is 1. The van der Waals surface area contributed by atoms with Crippen molar-refractivity contribution in [1.82, 2.24) is 4.90 Å². The molecule has 2 atom stereocenters. The standard InChI is InChI=1S/C14H18ClNO3/c1-19-14(18)13(11-6-2-3-7-12(11)15)16-8-4-5-10(17)9-16/h2-3,6-7,10,13,17H,4-5,8-9H2,1H3. The van der Waals surface area contributed by atoms with Crippen molar-refractivity contribution in [3.05, 3.63) is 34.9 Å². The maximum Gasteiger partial charge on any atom is 0.327 e. The summed E-state index contributed by atoms with van der Waals surface area (Å²) in [6, 6.07) is 6.70. The molecule has 19 heavy (non-hydrogen) atoms. The van der Waals surface area contributed by atoms with E-state index in [1.807, 2.05) is 23.1 Å². The largest absolute Gasteiger partial charge is 0.468 e. The Kier molecular flexibility index (Phi) is 4.80. The molecule has 1 aromatic carbocycles. The highest BCUT2D eigenvalue weighted by Crippen LogP contribution is 2.30. The molecule has 0 amide bonds. The van der Waals surface area contributed by atoms with Crippen LogP contribution < -0.4 is 0 Å². The number of hydrogen-bond donors (Lipinski definition) is 1. The average Bonchev–Trinajstić information content (AvgIpc) is 2.41. The Morgan fingerprint density at radius 3 is 2.89 bits per heavy atom. The number of benzene rings is 1. The molecule has 5 heteroatoms. The molecule has 1 aliphatic heterocycles. The van der Waals surface area contributed by atoms with E-state index in [0.29, 0.717) is 11.6 Å². The minimum atomic E-state index is -0.548. The van der Waals surface area contributed by atoms with E-state index in [1.54, 1.807) is 6.07 Å². The number of methoxy groups -OCH3 is 1. The molecule has 1 aromatic rings. The Hall–Kier alpha value is -1.10. The fraction of sp³-hybridized carbons (Fsp3) is 0.500. The number of carbonyl (C=O) groups is 1. The molecule has 1 aliphatic rings. The molecule has 0 spiro atoms. The van der Waals surface area contributed by atoms with Crippen LogP contribution in [0.4, 0.5) is 0 Å². The molecule has 1 saturated heterocycles. The van der Waals surface area contributed by atoms with Gasteiger partial charge in [-0.2, -0.15) is 0 Å². The topological polar surface area (TPSA) is 49.8 Å². The number of aliphatic hydroxyl groups excluding tert-OH is 1. The predicted molar refractivity (Wildman–Crippen MR) is 73.0 cm³/mol. The third-order valence-electron chi connectivity index (χ3n) is 3.42. The van der Waals surface area contributed by atoms with E-state index in [2.05, 4.69) is 0 Å². The molecule has 0 aliphatic carbocycles. The van der Waals surface area contributed by atoms with Crippen LogP contribution in [-0.2, 0) is 9.53 Å². The lowest BCUT2D eigenvalue weighted by Crippen LogP contribution is -2.43. The van der Waals surface area contributed by atoms with Crippen LogP contribution in [0.2, 0.25) is 5.02 Å². The average molecular weight is 284 g/mol. The molecular weight excluding hydrogens is 266 g/mol. The van der Waals surface area contributed by atoms with Crippen LogP contribution in [0.15, 0.2) is 24.3 Å². The summed E-state index contributed by atoms with van der Waals surface area (Å²) in [5.74, 6) is -0.345. The lowest BCUT2D eigenvalue weighted by atomic mass is 10.0. The van der Waals surface area contributed by atoms with Gasteiger partial charge in [0.15, 0.2) is 0 Å². The van der Waals surface area contributed by atoms with Gasteiger partial charge in [0, 0.05) is 11.6 Å². The van der Waals surface area contributed by atoms with Gasteiger partial charge in [-0.15, -0.1) is 0 Å². The third-order valence-corrected chi connectivity index (χ3v) is 3.76. The van der Waals surface area contributed by atoms with Crippen LogP contribution in [0.3, 0.4) is 0 Å². The van der Waals surface area contributed by atoms with Crippen molar-refractivity contribution in [3.63, 3.8) is 0 Å². The highest BCUT2D eigenvalue weighted by atomic mass is 35.5. The fourth-order valence-electron chi connectivity index (χ4n) is 2.50. The number of hydrogen-bond acceptors (Lipinski definition) is 4. The highest BCUT2D eigenvalue weighted by molar-refractivity contribution is 6.31. The van der Waals surface area contributed by atoms with Crippen LogP contribution in [0, 0.1) is 0 Å². The minimum absolute atomic E-state index is 0.345. The SMILES string of the molecule is COC(=O)C(c1ccccc1Cl)N1CCCC(O)C1. The van der Waals surface area contributed by atoms with Crippen molar-refractivity contribution >= 4 is 17.6 Å². The number of β-amino-alcohol motifs (C(OH)–C–C–N with tert-alkyl or cyclic N) is 1. The number of halogens is 1. The molecule has 1 N–H and O–H groups in total. The second kappa shape index (κ2) is 6.37. The van der Waals surface area contributed by atoms with Crippen molar-refractivity contribution in [1.29, 1.82) is 0 Å². The van der Waals surface area contributed by atoms with Gasteiger partial charge in [-0.25, -0.2) is 4.79 Å². The van der Waals surface area contributed by atoms with Crippen molar-refractivity contribution in [3.8, 4) is 0 Å². The van der Waals surface area contributed by atoms with Crippen LogP contribution in [0.25, 0.3) is 0 Å². The Bertz CT molecular complexity index is 452. The second-order valence-corrected chi connectivity index (χ2v) is 5.15. The summed E-state index contributed by atoms with van der Waals surface area (Å²) in [5, 5.41) is 10.3. The summed E-state index contributed by atoms with van der Waals surface area (Å²) in [7, 11) is 1.37. The Morgan fingerprint density at radius 2 is 2.26 bits per heavy atom. The van der Waals surface area contributed by atoms with E-state index in [0.717, 1.165) is 24.9 Å². The molecular formula is C14H18ClNO3. The first-order valence-corrected chi connectivity index (χ1v) is 6.75. The van der Waals surface area contributed by atoms with Gasteiger partial charge < -0.3 is 9.84 Å². The van der Waals surface area contributed by atoms with Gasteiger partial charge in [0.1, 0.15) is 6.04 Å². The van der Waals surface area contributed by atoms with Crippen LogP contribution >= 0.6 is 11.6 Å². The molecule has 4 nitrogen and oxygen atoms in total. The lowest BCUT2D eigenvalue weighted by molar-refractivity contribution is -0.148. The molecule has 0 bridgehead atoms. The van der Waals surface area contributed by atoms with Gasteiger partial charge in [0.2, 0.25) is 0 Å². The van der Waals surface area contributed by atoms with E-state index in [4.69, 9.17) is 16.3 Å². The molecule has 104 valence electrons. The van der Waals surface area contributed by atoms with Crippen LogP contribution in [0.5, 0.6) is 0 Å². The number of likely N-dealkylation sites (tertiary alicyclic amines) is 1. The quantitative estimate of drug-likeness (QED) is 0.862. The van der Waals surface area contributed by atoms with Gasteiger partial charge in [-0.1, -0.05) is 29.8 Å². The third kappa shape index (κ3) is 3.26. The first-order valence-electron chi connectivity index (χ1n) is 6.38. The second-order valence-electron chi connectivity index (χ2n) is 4.74. The number of esters is 1. The number of carbonyl (C=O) groups excluding carboxylic acids is 1. The maximum absolute atomic E-state index is 12.1. The number of rotatable bonds is 3. The molecule has 0 radical (unpaired) electrons. The number of nitrogens with zero attached hydrogens (tertiary/aromatic N) is 1. The summed E-state index contributed by atoms with van der Waals surface area (Å²) in [4.78, 5) is 14.0. The van der Waals surface area contributed by atoms with Crippen molar-refractivity contribution in [2.24, 2.45) is 0 Å². The first kappa shape index (κ1) is 14.3. The van der Waals surface area contributed by atoms with E-state index in [-0.39, 0.29) is 5.97 Å². The van der Waals surface area contributed by atoms with E-state index >= 15 is 0 Å². The smallest absolute Gasteiger partial charge is 0.327 e. The molecule has 0 aromatic heterocycles.